The van der Waals surface area contributed by atoms with E-state index >= 15 is 0 Å². The molecule has 0 aromatic rings. The number of aliphatic hydroxyl groups is 3. The van der Waals surface area contributed by atoms with E-state index in [1.54, 1.807) is 0 Å². The summed E-state index contributed by atoms with van der Waals surface area (Å²) in [5.41, 5.74) is 0. The fraction of sp³-hybridized carbons (Fsp3) is 0.714. The van der Waals surface area contributed by atoms with Crippen LogP contribution in [0.4, 0.5) is 10.5 Å². The van der Waals surface area contributed by atoms with Crippen LogP contribution < -0.4 is 0 Å². The third-order valence-corrected chi connectivity index (χ3v) is 3.67. The van der Waals surface area contributed by atoms with Crippen molar-refractivity contribution in [2.24, 2.45) is 0 Å². The first-order valence-corrected chi connectivity index (χ1v) is 10.4. The van der Waals surface area contributed by atoms with Crippen molar-refractivity contribution >= 4 is 14.7 Å². The van der Waals surface area contributed by atoms with Crippen LogP contribution in [0.25, 0.3) is 0 Å². The molecule has 0 saturated heterocycles. The molecular weight excluding hydrogens is 437 g/mol. The Morgan fingerprint density at radius 3 is 1.36 bits per heavy atom. The number of hydrogen-bond acceptors (Lipinski definition) is 3. The number of halogens is 3. The van der Waals surface area contributed by atoms with Gasteiger partial charge in [0.1, 0.15) is 0 Å². The Morgan fingerprint density at radius 2 is 1.27 bits per heavy atom. The van der Waals surface area contributed by atoms with Crippen LogP contribution in [0.5, 0.6) is 0 Å². The van der Waals surface area contributed by atoms with Gasteiger partial charge in [-0.3, -0.25) is 0 Å². The molecule has 22 heavy (non-hydrogen) atoms. The van der Waals surface area contributed by atoms with Gasteiger partial charge in [-0.1, -0.05) is 20.8 Å². The minimum atomic E-state index is -5.96. The fourth-order valence-electron chi connectivity index (χ4n) is 0.599. The smallest absolute Gasteiger partial charge is 0 e. The van der Waals surface area contributed by atoms with Gasteiger partial charge in [-0.05, 0) is 19.3 Å². The molecule has 0 amide bonds. The van der Waals surface area contributed by atoms with Crippen molar-refractivity contribution in [1.82, 2.24) is 0 Å². The molecule has 0 fully saturated rings. The topological polar surface area (TPSA) is 60.7 Å². The molecule has 0 saturated carbocycles. The van der Waals surface area contributed by atoms with E-state index in [1.165, 1.54) is 6.08 Å². The summed E-state index contributed by atoms with van der Waals surface area (Å²) in [6, 6.07) is 0. The molecule has 1 aliphatic rings. The van der Waals surface area contributed by atoms with Gasteiger partial charge in [0.2, 0.25) is 0 Å². The van der Waals surface area contributed by atoms with Gasteiger partial charge >= 0.3 is 54.2 Å². The van der Waals surface area contributed by atoms with Gasteiger partial charge < -0.3 is 15.3 Å². The Hall–Kier alpha value is 0.576. The van der Waals surface area contributed by atoms with Crippen LogP contribution in [0.1, 0.15) is 46.5 Å². The van der Waals surface area contributed by atoms with Gasteiger partial charge in [-0.25, -0.2) is 0 Å². The van der Waals surface area contributed by atoms with Crippen LogP contribution >= 0.6 is 0 Å². The molecule has 1 aliphatic carbocycles. The molecule has 0 radical (unpaired) electrons. The molecule has 0 unspecified atom stereocenters. The predicted octanol–water partition coefficient (Wildman–Crippen LogP) is 3.23. The van der Waals surface area contributed by atoms with Gasteiger partial charge in [-0.2, -0.15) is 0 Å². The number of aliphatic hydroxyl groups excluding tert-OH is 3. The van der Waals surface area contributed by atoms with Crippen molar-refractivity contribution in [3.05, 3.63) is 22.6 Å². The summed E-state index contributed by atoms with van der Waals surface area (Å²) in [4.78, 5) is 0. The van der Waals surface area contributed by atoms with E-state index in [4.69, 9.17) is 15.3 Å². The van der Waals surface area contributed by atoms with E-state index < -0.39 is 19.1 Å². The van der Waals surface area contributed by atoms with Crippen LogP contribution in [0.2, 0.25) is 0 Å². The molecule has 8 heteroatoms. The minimum absolute atomic E-state index is 0. The summed E-state index contributed by atoms with van der Waals surface area (Å²) < 4.78 is 34.9. The Morgan fingerprint density at radius 1 is 0.955 bits per heavy atom. The second-order valence-corrected chi connectivity index (χ2v) is 7.08. The Balaban J connectivity index is -0.000000107. The normalized spacial score (nSPS) is 11.6. The first-order chi connectivity index (χ1) is 9.85. The van der Waals surface area contributed by atoms with Crippen LogP contribution in [-0.2, 0) is 26.2 Å². The second kappa shape index (κ2) is 23.8. The first kappa shape index (κ1) is 30.5. The third-order valence-electron chi connectivity index (χ3n) is 1.67. The van der Waals surface area contributed by atoms with Crippen molar-refractivity contribution in [1.29, 1.82) is 0 Å². The van der Waals surface area contributed by atoms with Crippen molar-refractivity contribution in [3.8, 4) is 0 Å². The third kappa shape index (κ3) is 28.7. The van der Waals surface area contributed by atoms with Gasteiger partial charge in [0.25, 0.3) is 0 Å². The Bertz CT molecular complexity index is 245. The standard InChI is InChI=1S/C5H4F3Ge.3C3H8O.Zr/c6-9(7,8)5-3-1-2-4-5;3*1-2-3-4;/h1,3H,2H2;3*4H,2-3H2,1H3;/q-1;;;;. The summed E-state index contributed by atoms with van der Waals surface area (Å²) in [7, 11) is 0. The SMILES string of the molecule is CCCO.CCCO.CCCO.[F][Ge]([F])([F])[C]1=[C-]CC=C1.[Zr]. The number of allylic oxidation sites excluding steroid dienone is 4. The summed E-state index contributed by atoms with van der Waals surface area (Å²) in [6.45, 7) is 6.75. The van der Waals surface area contributed by atoms with Gasteiger partial charge in [0.05, 0.1) is 0 Å². The van der Waals surface area contributed by atoms with Crippen LogP contribution in [0, 0.1) is 6.08 Å². The average Bonchev–Trinajstić information content (AvgIpc) is 3.02. The maximum Gasteiger partial charge on any atom is 0 e. The molecule has 0 spiro atoms. The molecule has 0 bridgehead atoms. The summed E-state index contributed by atoms with van der Waals surface area (Å²) >= 11 is -5.96. The molecule has 0 aromatic carbocycles. The zero-order valence-corrected chi connectivity index (χ0v) is 18.1. The molecule has 0 aliphatic heterocycles. The summed E-state index contributed by atoms with van der Waals surface area (Å²) in [5, 5.41) is 23.6. The van der Waals surface area contributed by atoms with Crippen molar-refractivity contribution < 1.29 is 52.0 Å². The largest absolute Gasteiger partial charge is 0 e. The molecule has 1 rings (SSSR count). The molecule has 3 nitrogen and oxygen atoms in total. The van der Waals surface area contributed by atoms with E-state index in [0.29, 0.717) is 26.2 Å². The zero-order chi connectivity index (χ0) is 17.1. The summed E-state index contributed by atoms with van der Waals surface area (Å²) in [5.74, 6) is 0. The number of rotatable bonds is 4. The molecule has 0 aromatic heterocycles. The van der Waals surface area contributed by atoms with E-state index in [0.717, 1.165) is 25.3 Å². The van der Waals surface area contributed by atoms with Crippen molar-refractivity contribution in [2.45, 2.75) is 46.5 Å². The first-order valence-electron chi connectivity index (χ1n) is 7.02. The fourth-order valence-corrected chi connectivity index (χ4v) is 1.88. The number of hydrogen-bond donors (Lipinski definition) is 3. The maximum atomic E-state index is 11.8. The predicted molar refractivity (Wildman–Crippen MR) is 81.7 cm³/mol. The van der Waals surface area contributed by atoms with E-state index in [1.807, 2.05) is 20.8 Å². The van der Waals surface area contributed by atoms with Gasteiger partial charge in [-0.15, -0.1) is 0 Å². The van der Waals surface area contributed by atoms with Crippen LogP contribution in [-0.4, -0.2) is 49.8 Å². The monoisotopic (exact) mass is 465 g/mol. The Labute approximate surface area is 155 Å². The molecule has 3 N–H and O–H groups in total. The minimum Gasteiger partial charge on any atom is 0 e. The van der Waals surface area contributed by atoms with Crippen LogP contribution in [0.15, 0.2) is 16.6 Å². The van der Waals surface area contributed by atoms with E-state index in [2.05, 4.69) is 6.08 Å². The molecular formula is C14H28F3GeO3Zr-. The van der Waals surface area contributed by atoms with E-state index in [9.17, 15) is 10.5 Å². The average molecular weight is 465 g/mol. The second-order valence-electron chi connectivity index (χ2n) is 3.87. The molecule has 132 valence electrons. The van der Waals surface area contributed by atoms with Crippen LogP contribution in [0.3, 0.4) is 0 Å². The molecule has 0 atom stereocenters. The van der Waals surface area contributed by atoms with Crippen molar-refractivity contribution in [2.75, 3.05) is 19.8 Å². The summed E-state index contributed by atoms with van der Waals surface area (Å²) in [6.07, 6.45) is 7.82. The van der Waals surface area contributed by atoms with E-state index in [-0.39, 0.29) is 26.2 Å². The van der Waals surface area contributed by atoms with Crippen molar-refractivity contribution in [3.63, 3.8) is 0 Å². The Kier molecular flexibility index (Phi) is 33.0. The van der Waals surface area contributed by atoms with Gasteiger partial charge in [0.15, 0.2) is 0 Å². The van der Waals surface area contributed by atoms with Gasteiger partial charge in [0, 0.05) is 46.0 Å². The zero-order valence-electron chi connectivity index (χ0n) is 13.6. The quantitative estimate of drug-likeness (QED) is 0.442. The maximum absolute atomic E-state index is 11.8. The molecule has 0 heterocycles.